The number of hydrogen-bond donors (Lipinski definition) is 1. The van der Waals surface area contributed by atoms with Crippen LogP contribution in [0.1, 0.15) is 42.7 Å². The molecule has 0 aromatic heterocycles. The molecule has 1 fully saturated rings. The van der Waals surface area contributed by atoms with Crippen LogP contribution in [0.4, 0.5) is 0 Å². The van der Waals surface area contributed by atoms with E-state index in [1.165, 1.54) is 17.5 Å². The lowest BCUT2D eigenvalue weighted by Gasteiger charge is -2.40. The quantitative estimate of drug-likeness (QED) is 0.822. The van der Waals surface area contributed by atoms with Crippen molar-refractivity contribution in [3.63, 3.8) is 0 Å². The standard InChI is InChI=1S/C19H21BrO/c20-17-11-9-15(10-12-17)14-19(21)13-5-4-8-18(19)16-6-2-1-3-7-16/h1-3,6-7,9-12,18,21H,4-5,8,13-14H2. The third kappa shape index (κ3) is 3.38. The van der Waals surface area contributed by atoms with E-state index in [-0.39, 0.29) is 5.92 Å². The van der Waals surface area contributed by atoms with Crippen LogP contribution in [-0.4, -0.2) is 10.7 Å². The van der Waals surface area contributed by atoms with Crippen LogP contribution < -0.4 is 0 Å². The summed E-state index contributed by atoms with van der Waals surface area (Å²) >= 11 is 3.47. The molecule has 21 heavy (non-hydrogen) atoms. The molecule has 1 nitrogen and oxygen atoms in total. The Morgan fingerprint density at radius 1 is 1.00 bits per heavy atom. The van der Waals surface area contributed by atoms with Crippen molar-refractivity contribution in [3.05, 3.63) is 70.2 Å². The second kappa shape index (κ2) is 6.33. The maximum atomic E-state index is 11.3. The normalized spacial score (nSPS) is 25.7. The van der Waals surface area contributed by atoms with Crippen molar-refractivity contribution in [1.29, 1.82) is 0 Å². The highest BCUT2D eigenvalue weighted by molar-refractivity contribution is 9.10. The fourth-order valence-electron chi connectivity index (χ4n) is 3.55. The highest BCUT2D eigenvalue weighted by atomic mass is 79.9. The second-order valence-corrected chi connectivity index (χ2v) is 7.03. The van der Waals surface area contributed by atoms with Gasteiger partial charge in [0.15, 0.2) is 0 Å². The lowest BCUT2D eigenvalue weighted by molar-refractivity contribution is -0.0167. The molecule has 2 heteroatoms. The minimum Gasteiger partial charge on any atom is -0.389 e. The minimum atomic E-state index is -0.618. The molecule has 2 aromatic rings. The first-order chi connectivity index (χ1) is 10.2. The molecular formula is C19H21BrO. The van der Waals surface area contributed by atoms with Crippen LogP contribution in [0.5, 0.6) is 0 Å². The zero-order valence-corrected chi connectivity index (χ0v) is 13.7. The maximum absolute atomic E-state index is 11.3. The summed E-state index contributed by atoms with van der Waals surface area (Å²) in [4.78, 5) is 0. The van der Waals surface area contributed by atoms with Gasteiger partial charge in [-0.2, -0.15) is 0 Å². The molecule has 0 bridgehead atoms. The van der Waals surface area contributed by atoms with Crippen LogP contribution in [0.15, 0.2) is 59.1 Å². The molecule has 1 N–H and O–H groups in total. The lowest BCUT2D eigenvalue weighted by Crippen LogP contribution is -2.41. The first-order valence-electron chi connectivity index (χ1n) is 7.69. The van der Waals surface area contributed by atoms with Gasteiger partial charge >= 0.3 is 0 Å². The van der Waals surface area contributed by atoms with Gasteiger partial charge in [0.2, 0.25) is 0 Å². The predicted molar refractivity (Wildman–Crippen MR) is 90.4 cm³/mol. The summed E-state index contributed by atoms with van der Waals surface area (Å²) in [5.41, 5.74) is 1.87. The predicted octanol–water partition coefficient (Wildman–Crippen LogP) is 5.08. The van der Waals surface area contributed by atoms with E-state index in [0.29, 0.717) is 0 Å². The first-order valence-corrected chi connectivity index (χ1v) is 8.48. The fraction of sp³-hybridized carbons (Fsp3) is 0.368. The molecule has 0 spiro atoms. The van der Waals surface area contributed by atoms with Crippen molar-refractivity contribution in [2.45, 2.75) is 43.6 Å². The Bertz CT molecular complexity index is 578. The van der Waals surface area contributed by atoms with E-state index in [9.17, 15) is 5.11 Å². The zero-order chi connectivity index (χ0) is 14.7. The van der Waals surface area contributed by atoms with E-state index in [2.05, 4.69) is 64.5 Å². The number of aliphatic hydroxyl groups is 1. The Morgan fingerprint density at radius 2 is 1.71 bits per heavy atom. The van der Waals surface area contributed by atoms with Gasteiger partial charge in [-0.1, -0.05) is 71.2 Å². The van der Waals surface area contributed by atoms with Crippen molar-refractivity contribution in [2.75, 3.05) is 0 Å². The summed E-state index contributed by atoms with van der Waals surface area (Å²) in [6.45, 7) is 0. The van der Waals surface area contributed by atoms with Crippen LogP contribution in [0.2, 0.25) is 0 Å². The number of rotatable bonds is 3. The lowest BCUT2D eigenvalue weighted by atomic mass is 9.69. The van der Waals surface area contributed by atoms with Crippen LogP contribution in [-0.2, 0) is 6.42 Å². The van der Waals surface area contributed by atoms with Gasteiger partial charge in [-0.15, -0.1) is 0 Å². The topological polar surface area (TPSA) is 20.2 Å². The summed E-state index contributed by atoms with van der Waals surface area (Å²) in [6.07, 6.45) is 5.04. The van der Waals surface area contributed by atoms with E-state index in [0.717, 1.165) is 30.2 Å². The highest BCUT2D eigenvalue weighted by Gasteiger charge is 2.39. The minimum absolute atomic E-state index is 0.246. The highest BCUT2D eigenvalue weighted by Crippen LogP contribution is 2.42. The van der Waals surface area contributed by atoms with Gasteiger partial charge in [-0.05, 0) is 36.1 Å². The van der Waals surface area contributed by atoms with E-state index in [1.807, 2.05) is 6.07 Å². The third-order valence-corrected chi connectivity index (χ3v) is 5.16. The Labute approximate surface area is 135 Å². The zero-order valence-electron chi connectivity index (χ0n) is 12.1. The van der Waals surface area contributed by atoms with Crippen LogP contribution in [0.3, 0.4) is 0 Å². The fourth-order valence-corrected chi connectivity index (χ4v) is 3.82. The van der Waals surface area contributed by atoms with Crippen molar-refractivity contribution in [2.24, 2.45) is 0 Å². The Morgan fingerprint density at radius 3 is 2.43 bits per heavy atom. The van der Waals surface area contributed by atoms with Crippen molar-refractivity contribution < 1.29 is 5.11 Å². The SMILES string of the molecule is OC1(Cc2ccc(Br)cc2)CCCCC1c1ccccc1. The Kier molecular flexibility index (Phi) is 4.46. The molecule has 1 saturated carbocycles. The van der Waals surface area contributed by atoms with E-state index >= 15 is 0 Å². The second-order valence-electron chi connectivity index (χ2n) is 6.12. The molecule has 0 aliphatic heterocycles. The average molecular weight is 345 g/mol. The molecular weight excluding hydrogens is 324 g/mol. The van der Waals surface area contributed by atoms with Crippen molar-refractivity contribution in [1.82, 2.24) is 0 Å². The smallest absolute Gasteiger partial charge is 0.0756 e. The molecule has 1 aliphatic rings. The summed E-state index contributed by atoms with van der Waals surface area (Å²) in [7, 11) is 0. The molecule has 0 amide bonds. The number of benzene rings is 2. The van der Waals surface area contributed by atoms with Crippen LogP contribution in [0, 0.1) is 0 Å². The van der Waals surface area contributed by atoms with E-state index in [4.69, 9.17) is 0 Å². The molecule has 2 atom stereocenters. The average Bonchev–Trinajstić information content (AvgIpc) is 2.51. The Balaban J connectivity index is 1.86. The van der Waals surface area contributed by atoms with Crippen molar-refractivity contribution >= 4 is 15.9 Å². The van der Waals surface area contributed by atoms with Gasteiger partial charge in [0, 0.05) is 16.8 Å². The maximum Gasteiger partial charge on any atom is 0.0756 e. The summed E-state index contributed by atoms with van der Waals surface area (Å²) in [5.74, 6) is 0.246. The number of hydrogen-bond acceptors (Lipinski definition) is 1. The molecule has 3 rings (SSSR count). The molecule has 2 aromatic carbocycles. The van der Waals surface area contributed by atoms with Crippen LogP contribution >= 0.6 is 15.9 Å². The Hall–Kier alpha value is -1.12. The van der Waals surface area contributed by atoms with Crippen LogP contribution in [0.25, 0.3) is 0 Å². The molecule has 110 valence electrons. The van der Waals surface area contributed by atoms with Gasteiger partial charge in [-0.25, -0.2) is 0 Å². The van der Waals surface area contributed by atoms with Gasteiger partial charge in [0.25, 0.3) is 0 Å². The monoisotopic (exact) mass is 344 g/mol. The summed E-state index contributed by atoms with van der Waals surface area (Å²) < 4.78 is 1.08. The molecule has 0 saturated heterocycles. The molecule has 0 radical (unpaired) electrons. The van der Waals surface area contributed by atoms with E-state index < -0.39 is 5.60 Å². The molecule has 1 aliphatic carbocycles. The summed E-state index contributed by atoms with van der Waals surface area (Å²) in [5, 5.41) is 11.3. The largest absolute Gasteiger partial charge is 0.389 e. The van der Waals surface area contributed by atoms with E-state index in [1.54, 1.807) is 0 Å². The van der Waals surface area contributed by atoms with Gasteiger partial charge in [0.05, 0.1) is 5.60 Å². The van der Waals surface area contributed by atoms with Gasteiger partial charge in [0.1, 0.15) is 0 Å². The summed E-state index contributed by atoms with van der Waals surface area (Å²) in [6, 6.07) is 18.8. The van der Waals surface area contributed by atoms with Gasteiger partial charge in [-0.3, -0.25) is 0 Å². The van der Waals surface area contributed by atoms with Gasteiger partial charge < -0.3 is 5.11 Å². The number of halogens is 1. The van der Waals surface area contributed by atoms with Crippen molar-refractivity contribution in [3.8, 4) is 0 Å². The first kappa shape index (κ1) is 14.8. The molecule has 0 heterocycles. The third-order valence-electron chi connectivity index (χ3n) is 4.63. The molecule has 2 unspecified atom stereocenters.